The van der Waals surface area contributed by atoms with Crippen LogP contribution in [0.3, 0.4) is 0 Å². The van der Waals surface area contributed by atoms with E-state index in [9.17, 15) is 4.79 Å². The van der Waals surface area contributed by atoms with Gasteiger partial charge in [-0.1, -0.05) is 43.7 Å². The molecular formula is C20H28O3. The van der Waals surface area contributed by atoms with E-state index in [1.807, 2.05) is 19.1 Å². The quantitative estimate of drug-likeness (QED) is 0.450. The molecule has 1 saturated carbocycles. The Morgan fingerprint density at radius 1 is 1.09 bits per heavy atom. The molecule has 0 radical (unpaired) electrons. The van der Waals surface area contributed by atoms with Crippen LogP contribution in [0, 0.1) is 5.41 Å². The Bertz CT molecular complexity index is 606. The molecule has 0 aromatic rings. The molecule has 3 heteroatoms. The number of hydrogen-bond acceptors (Lipinski definition) is 2. The minimum atomic E-state index is -0.920. The third-order valence-electron chi connectivity index (χ3n) is 5.24. The lowest BCUT2D eigenvalue weighted by molar-refractivity contribution is -0.131. The second-order valence-electron chi connectivity index (χ2n) is 7.64. The van der Waals surface area contributed by atoms with Crippen LogP contribution in [0.4, 0.5) is 0 Å². The molecular weight excluding hydrogens is 288 g/mol. The van der Waals surface area contributed by atoms with Gasteiger partial charge < -0.3 is 9.84 Å². The van der Waals surface area contributed by atoms with Gasteiger partial charge in [-0.25, -0.2) is 4.79 Å². The van der Waals surface area contributed by atoms with E-state index in [-0.39, 0.29) is 16.6 Å². The largest absolute Gasteiger partial charge is 0.478 e. The van der Waals surface area contributed by atoms with Crippen molar-refractivity contribution in [1.29, 1.82) is 0 Å². The highest BCUT2D eigenvalue weighted by Crippen LogP contribution is 2.66. The van der Waals surface area contributed by atoms with E-state index < -0.39 is 5.97 Å². The number of carbonyl (C=O) groups is 1. The third kappa shape index (κ3) is 3.50. The van der Waals surface area contributed by atoms with Gasteiger partial charge in [-0.05, 0) is 51.7 Å². The zero-order chi connectivity index (χ0) is 17.3. The summed E-state index contributed by atoms with van der Waals surface area (Å²) in [7, 11) is 0. The molecule has 2 atom stereocenters. The van der Waals surface area contributed by atoms with Crippen molar-refractivity contribution in [2.75, 3.05) is 0 Å². The van der Waals surface area contributed by atoms with Gasteiger partial charge in [-0.15, -0.1) is 0 Å². The number of carboxylic acids is 1. The summed E-state index contributed by atoms with van der Waals surface area (Å²) in [5.41, 5.74) is 1.85. The Kier molecular flexibility index (Phi) is 4.72. The van der Waals surface area contributed by atoms with Crippen LogP contribution in [0.1, 0.15) is 53.9 Å². The van der Waals surface area contributed by atoms with Crippen LogP contribution in [0.25, 0.3) is 0 Å². The van der Waals surface area contributed by atoms with Gasteiger partial charge in [0.2, 0.25) is 0 Å². The van der Waals surface area contributed by atoms with Gasteiger partial charge in [0.15, 0.2) is 0 Å². The van der Waals surface area contributed by atoms with E-state index in [2.05, 4.69) is 32.9 Å². The Morgan fingerprint density at radius 2 is 1.78 bits per heavy atom. The van der Waals surface area contributed by atoms with Crippen molar-refractivity contribution in [3.05, 3.63) is 47.6 Å². The fraction of sp³-hybridized carbons (Fsp3) is 0.550. The van der Waals surface area contributed by atoms with Crippen LogP contribution >= 0.6 is 0 Å². The van der Waals surface area contributed by atoms with E-state index in [4.69, 9.17) is 9.84 Å². The maximum absolute atomic E-state index is 10.6. The summed E-state index contributed by atoms with van der Waals surface area (Å²) in [6.07, 6.45) is 14.8. The molecule has 0 spiro atoms. The van der Waals surface area contributed by atoms with Crippen molar-refractivity contribution in [1.82, 2.24) is 0 Å². The topological polar surface area (TPSA) is 49.8 Å². The Labute approximate surface area is 139 Å². The number of rotatable bonds is 5. The molecule has 2 rings (SSSR count). The maximum Gasteiger partial charge on any atom is 0.328 e. The predicted molar refractivity (Wildman–Crippen MR) is 93.3 cm³/mol. The lowest BCUT2D eigenvalue weighted by atomic mass is 9.64. The highest BCUT2D eigenvalue weighted by atomic mass is 16.6. The molecule has 1 heterocycles. The van der Waals surface area contributed by atoms with Crippen LogP contribution < -0.4 is 0 Å². The van der Waals surface area contributed by atoms with Crippen LogP contribution in [-0.4, -0.2) is 22.3 Å². The smallest absolute Gasteiger partial charge is 0.328 e. The molecule has 0 aromatic heterocycles. The SMILES string of the molecule is CC(/C=C/[C@@]12O[C@@]1(C)CCCC2(C)C)=C\C=C\C(C)=C\C(=O)O. The van der Waals surface area contributed by atoms with Crippen molar-refractivity contribution < 1.29 is 14.6 Å². The standard InChI is InChI=1S/C20H28O3/c1-15(8-6-9-16(2)14-17(21)22)10-13-20-18(3,4)11-7-12-19(20,5)23-20/h6,8-10,13-14H,7,11-12H2,1-5H3,(H,21,22)/b9-6+,13-10+,15-8+,16-14+/t19-,20-/m0/s1. The van der Waals surface area contributed by atoms with E-state index in [1.165, 1.54) is 18.9 Å². The van der Waals surface area contributed by atoms with Crippen LogP contribution in [-0.2, 0) is 9.53 Å². The third-order valence-corrected chi connectivity index (χ3v) is 5.24. The summed E-state index contributed by atoms with van der Waals surface area (Å²) in [4.78, 5) is 10.6. The van der Waals surface area contributed by atoms with Crippen molar-refractivity contribution in [2.24, 2.45) is 5.41 Å². The molecule has 1 saturated heterocycles. The zero-order valence-corrected chi connectivity index (χ0v) is 14.8. The molecule has 2 fully saturated rings. The molecule has 126 valence electrons. The van der Waals surface area contributed by atoms with Crippen molar-refractivity contribution >= 4 is 5.97 Å². The van der Waals surface area contributed by atoms with Gasteiger partial charge in [0.1, 0.15) is 5.60 Å². The number of fused-ring (bicyclic) bond motifs is 1. The normalized spacial score (nSPS) is 34.0. The summed E-state index contributed by atoms with van der Waals surface area (Å²) in [6.45, 7) is 10.6. The number of allylic oxidation sites excluding steroid dienone is 6. The average molecular weight is 316 g/mol. The molecule has 2 aliphatic rings. The van der Waals surface area contributed by atoms with Gasteiger partial charge in [0.25, 0.3) is 0 Å². The van der Waals surface area contributed by atoms with E-state index >= 15 is 0 Å². The van der Waals surface area contributed by atoms with E-state index in [0.717, 1.165) is 17.6 Å². The molecule has 3 nitrogen and oxygen atoms in total. The highest BCUT2D eigenvalue weighted by molar-refractivity contribution is 5.81. The molecule has 1 aliphatic heterocycles. The predicted octanol–water partition coefficient (Wildman–Crippen LogP) is 4.81. The Balaban J connectivity index is 2.07. The molecule has 0 amide bonds. The first-order chi connectivity index (χ1) is 10.6. The molecule has 23 heavy (non-hydrogen) atoms. The number of aliphatic carboxylic acids is 1. The van der Waals surface area contributed by atoms with Gasteiger partial charge in [0, 0.05) is 11.5 Å². The number of epoxide rings is 1. The van der Waals surface area contributed by atoms with Gasteiger partial charge in [0.05, 0.1) is 5.60 Å². The fourth-order valence-electron chi connectivity index (χ4n) is 3.81. The second kappa shape index (κ2) is 6.12. The lowest BCUT2D eigenvalue weighted by Gasteiger charge is -2.36. The first-order valence-corrected chi connectivity index (χ1v) is 8.28. The summed E-state index contributed by atoms with van der Waals surface area (Å²) in [6, 6.07) is 0. The first-order valence-electron chi connectivity index (χ1n) is 8.28. The average Bonchev–Trinajstić information content (AvgIpc) is 3.03. The summed E-state index contributed by atoms with van der Waals surface area (Å²) < 4.78 is 6.20. The van der Waals surface area contributed by atoms with Crippen molar-refractivity contribution in [2.45, 2.75) is 65.1 Å². The monoisotopic (exact) mass is 316 g/mol. The van der Waals surface area contributed by atoms with Gasteiger partial charge >= 0.3 is 5.97 Å². The first kappa shape index (κ1) is 17.7. The van der Waals surface area contributed by atoms with Crippen molar-refractivity contribution in [3.63, 3.8) is 0 Å². The zero-order valence-electron chi connectivity index (χ0n) is 14.8. The summed E-state index contributed by atoms with van der Waals surface area (Å²) in [5.74, 6) is -0.920. The molecule has 0 unspecified atom stereocenters. The minimum Gasteiger partial charge on any atom is -0.478 e. The fourth-order valence-corrected chi connectivity index (χ4v) is 3.81. The Morgan fingerprint density at radius 3 is 2.39 bits per heavy atom. The van der Waals surface area contributed by atoms with Gasteiger partial charge in [-0.3, -0.25) is 0 Å². The van der Waals surface area contributed by atoms with Crippen LogP contribution in [0.5, 0.6) is 0 Å². The molecule has 0 bridgehead atoms. The number of hydrogen-bond donors (Lipinski definition) is 1. The van der Waals surface area contributed by atoms with E-state index in [0.29, 0.717) is 0 Å². The molecule has 1 N–H and O–H groups in total. The summed E-state index contributed by atoms with van der Waals surface area (Å²) in [5, 5.41) is 8.68. The number of ether oxygens (including phenoxy) is 1. The van der Waals surface area contributed by atoms with Crippen LogP contribution in [0.15, 0.2) is 47.6 Å². The maximum atomic E-state index is 10.6. The van der Waals surface area contributed by atoms with E-state index in [1.54, 1.807) is 13.0 Å². The molecule has 0 aromatic carbocycles. The summed E-state index contributed by atoms with van der Waals surface area (Å²) >= 11 is 0. The minimum absolute atomic E-state index is 0.0117. The van der Waals surface area contributed by atoms with Crippen molar-refractivity contribution in [3.8, 4) is 0 Å². The highest BCUT2D eigenvalue weighted by Gasteiger charge is 2.73. The number of carboxylic acid groups (broad SMARTS) is 1. The van der Waals surface area contributed by atoms with Gasteiger partial charge in [-0.2, -0.15) is 0 Å². The Hall–Kier alpha value is -1.61. The van der Waals surface area contributed by atoms with Crippen LogP contribution in [0.2, 0.25) is 0 Å². The molecule has 1 aliphatic carbocycles. The second-order valence-corrected chi connectivity index (χ2v) is 7.64. The lowest BCUT2D eigenvalue weighted by Crippen LogP contribution is -2.41.